The number of aromatic carboxylic acids is 1. The third-order valence-electron chi connectivity index (χ3n) is 3.03. The van der Waals surface area contributed by atoms with Crippen molar-refractivity contribution in [3.05, 3.63) is 29.8 Å². The zero-order valence-electron chi connectivity index (χ0n) is 11.0. The minimum atomic E-state index is -1.28. The van der Waals surface area contributed by atoms with E-state index in [1.807, 2.05) is 6.92 Å². The first-order chi connectivity index (χ1) is 9.54. The molecule has 1 aliphatic heterocycles. The van der Waals surface area contributed by atoms with E-state index in [2.05, 4.69) is 0 Å². The van der Waals surface area contributed by atoms with Gasteiger partial charge in [0.1, 0.15) is 0 Å². The van der Waals surface area contributed by atoms with Crippen LogP contribution in [0, 0.1) is 0 Å². The molecule has 0 bridgehead atoms. The van der Waals surface area contributed by atoms with Crippen molar-refractivity contribution in [2.75, 3.05) is 6.54 Å². The van der Waals surface area contributed by atoms with Gasteiger partial charge in [-0.1, -0.05) is 25.1 Å². The molecule has 6 heteroatoms. The lowest BCUT2D eigenvalue weighted by atomic mass is 10.2. The molecule has 1 saturated heterocycles. The molecule has 0 aliphatic carbocycles. The van der Waals surface area contributed by atoms with Crippen molar-refractivity contribution < 1.29 is 19.5 Å². The van der Waals surface area contributed by atoms with Gasteiger partial charge < -0.3 is 9.90 Å². The number of nitrogens with zero attached hydrogens (tertiary/aromatic N) is 1. The molecule has 1 heterocycles. The summed E-state index contributed by atoms with van der Waals surface area (Å²) in [6.07, 6.45) is 0.829. The van der Waals surface area contributed by atoms with E-state index in [4.69, 9.17) is 0 Å². The van der Waals surface area contributed by atoms with Gasteiger partial charge in [-0.05, 0) is 12.5 Å². The van der Waals surface area contributed by atoms with Gasteiger partial charge >= 0.3 is 0 Å². The summed E-state index contributed by atoms with van der Waals surface area (Å²) >= 11 is 1.11. The van der Waals surface area contributed by atoms with Crippen molar-refractivity contribution in [2.24, 2.45) is 0 Å². The highest BCUT2D eigenvalue weighted by Crippen LogP contribution is 2.33. The Morgan fingerprint density at radius 2 is 2.10 bits per heavy atom. The summed E-state index contributed by atoms with van der Waals surface area (Å²) in [6, 6.07) is 6.35. The lowest BCUT2D eigenvalue weighted by molar-refractivity contribution is -0.255. The van der Waals surface area contributed by atoms with Gasteiger partial charge in [0.05, 0.1) is 11.2 Å². The summed E-state index contributed by atoms with van der Waals surface area (Å²) in [4.78, 5) is 36.6. The van der Waals surface area contributed by atoms with E-state index in [1.54, 1.807) is 18.2 Å². The van der Waals surface area contributed by atoms with Crippen molar-refractivity contribution in [2.45, 2.75) is 29.9 Å². The van der Waals surface area contributed by atoms with E-state index >= 15 is 0 Å². The van der Waals surface area contributed by atoms with Crippen molar-refractivity contribution in [1.82, 2.24) is 4.90 Å². The Balaban J connectivity index is 2.18. The first-order valence-electron chi connectivity index (χ1n) is 6.35. The number of amides is 2. The molecule has 1 aromatic carbocycles. The zero-order valence-corrected chi connectivity index (χ0v) is 11.8. The van der Waals surface area contributed by atoms with Crippen LogP contribution in [0.3, 0.4) is 0 Å². The zero-order chi connectivity index (χ0) is 14.7. The maximum absolute atomic E-state index is 12.1. The van der Waals surface area contributed by atoms with Crippen molar-refractivity contribution >= 4 is 29.5 Å². The maximum Gasteiger partial charge on any atom is 0.243 e. The quantitative estimate of drug-likeness (QED) is 0.746. The van der Waals surface area contributed by atoms with E-state index in [1.165, 1.54) is 11.0 Å². The van der Waals surface area contributed by atoms with Gasteiger partial charge in [-0.2, -0.15) is 0 Å². The molecule has 2 amide bonds. The summed E-state index contributed by atoms with van der Waals surface area (Å²) in [5.74, 6) is -1.72. The average molecular weight is 292 g/mol. The van der Waals surface area contributed by atoms with Crippen LogP contribution < -0.4 is 5.11 Å². The van der Waals surface area contributed by atoms with E-state index < -0.39 is 11.2 Å². The number of thioether (sulfide) groups is 1. The Bertz CT molecular complexity index is 558. The fourth-order valence-corrected chi connectivity index (χ4v) is 3.29. The molecule has 0 saturated carbocycles. The standard InChI is InChI=1S/C14H15NO4S/c1-2-7-15-12(16)8-11(13(15)17)20-10-6-4-3-5-9(10)14(18)19/h3-6,11H,2,7-8H2,1H3,(H,18,19)/p-1/t11-/m0/s1. The number of benzene rings is 1. The highest BCUT2D eigenvalue weighted by Gasteiger charge is 2.38. The van der Waals surface area contributed by atoms with Crippen LogP contribution >= 0.6 is 11.8 Å². The molecule has 0 aromatic heterocycles. The Labute approximate surface area is 121 Å². The number of likely N-dealkylation sites (tertiary alicyclic amines) is 1. The first kappa shape index (κ1) is 14.6. The third-order valence-corrected chi connectivity index (χ3v) is 4.29. The van der Waals surface area contributed by atoms with Crippen LogP contribution in [0.1, 0.15) is 30.1 Å². The number of imide groups is 1. The van der Waals surface area contributed by atoms with Crippen LogP contribution in [0.25, 0.3) is 0 Å². The second-order valence-corrected chi connectivity index (χ2v) is 5.72. The fraction of sp³-hybridized carbons (Fsp3) is 0.357. The van der Waals surface area contributed by atoms with E-state index in [9.17, 15) is 19.5 Å². The number of rotatable bonds is 5. The monoisotopic (exact) mass is 292 g/mol. The summed E-state index contributed by atoms with van der Waals surface area (Å²) in [6.45, 7) is 2.31. The normalized spacial score (nSPS) is 18.6. The highest BCUT2D eigenvalue weighted by atomic mass is 32.2. The van der Waals surface area contributed by atoms with Gasteiger partial charge in [0, 0.05) is 23.4 Å². The lowest BCUT2D eigenvalue weighted by Crippen LogP contribution is -2.32. The van der Waals surface area contributed by atoms with Gasteiger partial charge in [-0.15, -0.1) is 11.8 Å². The Hall–Kier alpha value is -1.82. The summed E-state index contributed by atoms with van der Waals surface area (Å²) in [5.41, 5.74) is 0.0479. The maximum atomic E-state index is 12.1. The molecule has 106 valence electrons. The number of hydrogen-bond donors (Lipinski definition) is 0. The average Bonchev–Trinajstić information content (AvgIpc) is 2.67. The van der Waals surface area contributed by atoms with Gasteiger partial charge in [0.15, 0.2) is 0 Å². The van der Waals surface area contributed by atoms with E-state index in [-0.39, 0.29) is 23.8 Å². The minimum Gasteiger partial charge on any atom is -0.545 e. The molecule has 1 aromatic rings. The molecule has 0 spiro atoms. The second kappa shape index (κ2) is 6.09. The number of carboxylic acid groups (broad SMARTS) is 1. The van der Waals surface area contributed by atoms with Crippen molar-refractivity contribution in [3.63, 3.8) is 0 Å². The van der Waals surface area contributed by atoms with Crippen molar-refractivity contribution in [3.8, 4) is 0 Å². The molecule has 5 nitrogen and oxygen atoms in total. The van der Waals surface area contributed by atoms with Crippen molar-refractivity contribution in [1.29, 1.82) is 0 Å². The molecule has 20 heavy (non-hydrogen) atoms. The number of carbonyl (C=O) groups excluding carboxylic acids is 3. The number of carboxylic acids is 1. The number of hydrogen-bond acceptors (Lipinski definition) is 5. The first-order valence-corrected chi connectivity index (χ1v) is 7.23. The van der Waals surface area contributed by atoms with Crippen LogP contribution in [0.4, 0.5) is 0 Å². The van der Waals surface area contributed by atoms with Gasteiger partial charge in [-0.3, -0.25) is 14.5 Å². The highest BCUT2D eigenvalue weighted by molar-refractivity contribution is 8.00. The fourth-order valence-electron chi connectivity index (χ4n) is 2.09. The predicted octanol–water partition coefficient (Wildman–Crippen LogP) is 0.680. The van der Waals surface area contributed by atoms with E-state index in [0.717, 1.165) is 11.8 Å². The third kappa shape index (κ3) is 2.85. The molecule has 1 atom stereocenters. The molecule has 2 rings (SSSR count). The smallest absolute Gasteiger partial charge is 0.243 e. The number of carbonyl (C=O) groups is 3. The predicted molar refractivity (Wildman–Crippen MR) is 72.0 cm³/mol. The van der Waals surface area contributed by atoms with Crippen LogP contribution in [-0.4, -0.2) is 34.5 Å². The summed E-state index contributed by atoms with van der Waals surface area (Å²) in [7, 11) is 0. The van der Waals surface area contributed by atoms with Gasteiger partial charge in [-0.25, -0.2) is 0 Å². The SMILES string of the molecule is CCCN1C(=O)C[C@H](Sc2ccccc2C(=O)[O-])C1=O. The topological polar surface area (TPSA) is 77.5 Å². The largest absolute Gasteiger partial charge is 0.545 e. The molecular weight excluding hydrogens is 278 g/mol. The second-order valence-electron chi connectivity index (χ2n) is 4.48. The van der Waals surface area contributed by atoms with Crippen LogP contribution in [0.5, 0.6) is 0 Å². The van der Waals surface area contributed by atoms with Gasteiger partial charge in [0.25, 0.3) is 0 Å². The van der Waals surface area contributed by atoms with Gasteiger partial charge in [0.2, 0.25) is 11.8 Å². The van der Waals surface area contributed by atoms with Crippen LogP contribution in [-0.2, 0) is 9.59 Å². The molecule has 0 radical (unpaired) electrons. The lowest BCUT2D eigenvalue weighted by Gasteiger charge is -2.14. The summed E-state index contributed by atoms with van der Waals surface area (Å²) in [5, 5.41) is 10.5. The molecule has 1 fully saturated rings. The molecule has 1 aliphatic rings. The van der Waals surface area contributed by atoms with Crippen LogP contribution in [0.15, 0.2) is 29.2 Å². The Kier molecular flexibility index (Phi) is 4.44. The van der Waals surface area contributed by atoms with Crippen LogP contribution in [0.2, 0.25) is 0 Å². The Morgan fingerprint density at radius 3 is 2.75 bits per heavy atom. The minimum absolute atomic E-state index is 0.0479. The summed E-state index contributed by atoms with van der Waals surface area (Å²) < 4.78 is 0. The molecule has 0 N–H and O–H groups in total. The van der Waals surface area contributed by atoms with E-state index in [0.29, 0.717) is 17.9 Å². The molecule has 0 unspecified atom stereocenters. The molecular formula is C14H14NO4S-. The Morgan fingerprint density at radius 1 is 1.40 bits per heavy atom.